The maximum absolute atomic E-state index is 13.5. The molecule has 3 rings (SSSR count). The van der Waals surface area contributed by atoms with E-state index >= 15 is 0 Å². The summed E-state index contributed by atoms with van der Waals surface area (Å²) in [4.78, 5) is 3.22. The number of nitrogens with one attached hydrogen (secondary N) is 1. The zero-order valence-corrected chi connectivity index (χ0v) is 14.5. The Hall–Kier alpha value is -1.79. The molecule has 1 aromatic heterocycles. The first-order chi connectivity index (χ1) is 11.3. The van der Waals surface area contributed by atoms with Crippen LogP contribution in [0.25, 0.3) is 22.0 Å². The standard InChI is InChI=1S/C18H16BrF3N2/c1-2-14(23)17-15(11-7-5-9-13(19)16(11)24-17)10-6-3-4-8-12(10)18(20,21)22/h3-9,14,24H,2,23H2,1H3. The molecule has 24 heavy (non-hydrogen) atoms. The molecule has 3 aromatic rings. The maximum Gasteiger partial charge on any atom is 0.417 e. The van der Waals surface area contributed by atoms with Gasteiger partial charge in [0.1, 0.15) is 0 Å². The number of aromatic amines is 1. The summed E-state index contributed by atoms with van der Waals surface area (Å²) in [5.41, 5.74) is 7.56. The van der Waals surface area contributed by atoms with E-state index in [1.165, 1.54) is 12.1 Å². The zero-order chi connectivity index (χ0) is 17.5. The number of aromatic nitrogens is 1. The number of nitrogens with two attached hydrogens (primary N) is 1. The lowest BCUT2D eigenvalue weighted by Crippen LogP contribution is -2.12. The largest absolute Gasteiger partial charge is 0.417 e. The van der Waals surface area contributed by atoms with Gasteiger partial charge in [0.15, 0.2) is 0 Å². The second kappa shape index (κ2) is 6.26. The molecule has 3 N–H and O–H groups in total. The van der Waals surface area contributed by atoms with Gasteiger partial charge in [-0.25, -0.2) is 0 Å². The second-order valence-corrected chi connectivity index (χ2v) is 6.49. The Balaban J connectivity index is 2.40. The second-order valence-electron chi connectivity index (χ2n) is 5.63. The van der Waals surface area contributed by atoms with Crippen LogP contribution in [0.4, 0.5) is 13.2 Å². The topological polar surface area (TPSA) is 41.8 Å². The van der Waals surface area contributed by atoms with Crippen LogP contribution < -0.4 is 5.73 Å². The molecule has 2 nitrogen and oxygen atoms in total. The van der Waals surface area contributed by atoms with Crippen LogP contribution in [0.2, 0.25) is 0 Å². The van der Waals surface area contributed by atoms with Gasteiger partial charge in [-0.2, -0.15) is 13.2 Å². The van der Waals surface area contributed by atoms with Crippen LogP contribution in [0.3, 0.4) is 0 Å². The van der Waals surface area contributed by atoms with Gasteiger partial charge < -0.3 is 10.7 Å². The fourth-order valence-electron chi connectivity index (χ4n) is 2.92. The average molecular weight is 397 g/mol. The molecular formula is C18H16BrF3N2. The summed E-state index contributed by atoms with van der Waals surface area (Å²) in [7, 11) is 0. The van der Waals surface area contributed by atoms with Gasteiger partial charge in [0.25, 0.3) is 0 Å². The van der Waals surface area contributed by atoms with Crippen molar-refractivity contribution < 1.29 is 13.2 Å². The van der Waals surface area contributed by atoms with E-state index in [4.69, 9.17) is 5.73 Å². The van der Waals surface area contributed by atoms with Crippen molar-refractivity contribution in [2.45, 2.75) is 25.6 Å². The van der Waals surface area contributed by atoms with Crippen LogP contribution in [0.1, 0.15) is 30.6 Å². The fourth-order valence-corrected chi connectivity index (χ4v) is 3.39. The number of alkyl halides is 3. The van der Waals surface area contributed by atoms with Crippen molar-refractivity contribution in [2.24, 2.45) is 5.73 Å². The predicted octanol–water partition coefficient (Wildman–Crippen LogP) is 6.03. The van der Waals surface area contributed by atoms with Gasteiger partial charge in [-0.1, -0.05) is 37.3 Å². The third-order valence-electron chi connectivity index (χ3n) is 4.12. The highest BCUT2D eigenvalue weighted by atomic mass is 79.9. The molecule has 1 heterocycles. The van der Waals surface area contributed by atoms with E-state index < -0.39 is 11.7 Å². The van der Waals surface area contributed by atoms with Crippen LogP contribution in [0, 0.1) is 0 Å². The van der Waals surface area contributed by atoms with E-state index in [9.17, 15) is 13.2 Å². The van der Waals surface area contributed by atoms with Gasteiger partial charge in [0.05, 0.1) is 11.1 Å². The number of fused-ring (bicyclic) bond motifs is 1. The third kappa shape index (κ3) is 2.84. The number of halogens is 4. The first-order valence-electron chi connectivity index (χ1n) is 7.56. The summed E-state index contributed by atoms with van der Waals surface area (Å²) in [6.45, 7) is 1.91. The molecule has 0 fully saturated rings. The summed E-state index contributed by atoms with van der Waals surface area (Å²) in [5.74, 6) is 0. The summed E-state index contributed by atoms with van der Waals surface area (Å²) in [5, 5.41) is 0.722. The summed E-state index contributed by atoms with van der Waals surface area (Å²) < 4.78 is 41.2. The number of rotatable bonds is 3. The van der Waals surface area contributed by atoms with Crippen molar-refractivity contribution in [3.05, 3.63) is 58.2 Å². The minimum absolute atomic E-state index is 0.147. The van der Waals surface area contributed by atoms with Crippen molar-refractivity contribution in [3.63, 3.8) is 0 Å². The van der Waals surface area contributed by atoms with Crippen LogP contribution in [-0.4, -0.2) is 4.98 Å². The molecule has 0 spiro atoms. The lowest BCUT2D eigenvalue weighted by atomic mass is 9.94. The summed E-state index contributed by atoms with van der Waals surface area (Å²) in [6.07, 6.45) is -3.81. The molecule has 0 aliphatic rings. The molecule has 0 aliphatic heterocycles. The van der Waals surface area contributed by atoms with Crippen LogP contribution in [0.15, 0.2) is 46.9 Å². The van der Waals surface area contributed by atoms with Crippen LogP contribution >= 0.6 is 15.9 Å². The quantitative estimate of drug-likeness (QED) is 0.557. The monoisotopic (exact) mass is 396 g/mol. The highest BCUT2D eigenvalue weighted by Crippen LogP contribution is 2.43. The minimum Gasteiger partial charge on any atom is -0.356 e. The highest BCUT2D eigenvalue weighted by Gasteiger charge is 2.35. The summed E-state index contributed by atoms with van der Waals surface area (Å²) in [6, 6.07) is 10.7. The molecule has 0 radical (unpaired) electrons. The van der Waals surface area contributed by atoms with Crippen molar-refractivity contribution in [1.82, 2.24) is 4.98 Å². The lowest BCUT2D eigenvalue weighted by molar-refractivity contribution is -0.137. The Bertz CT molecular complexity index is 884. The first kappa shape index (κ1) is 17.0. The minimum atomic E-state index is -4.43. The number of benzene rings is 2. The van der Waals surface area contributed by atoms with E-state index in [-0.39, 0.29) is 11.6 Å². The van der Waals surface area contributed by atoms with Crippen molar-refractivity contribution in [1.29, 1.82) is 0 Å². The maximum atomic E-state index is 13.5. The lowest BCUT2D eigenvalue weighted by Gasteiger charge is -2.16. The molecule has 0 aliphatic carbocycles. The van der Waals surface area contributed by atoms with Crippen LogP contribution in [0.5, 0.6) is 0 Å². The predicted molar refractivity (Wildman–Crippen MR) is 93.7 cm³/mol. The van der Waals surface area contributed by atoms with Crippen molar-refractivity contribution in [3.8, 4) is 11.1 Å². The third-order valence-corrected chi connectivity index (χ3v) is 4.79. The van der Waals surface area contributed by atoms with Gasteiger partial charge in [0.2, 0.25) is 0 Å². The van der Waals surface area contributed by atoms with E-state index in [0.717, 1.165) is 21.4 Å². The molecule has 0 saturated carbocycles. The molecule has 126 valence electrons. The number of H-pyrrole nitrogens is 1. The normalized spacial score (nSPS) is 13.4. The van der Waals surface area contributed by atoms with Crippen LogP contribution in [-0.2, 0) is 6.18 Å². The van der Waals surface area contributed by atoms with Crippen molar-refractivity contribution >= 4 is 26.8 Å². The molecule has 2 aromatic carbocycles. The molecule has 1 atom stereocenters. The number of hydrogen-bond acceptors (Lipinski definition) is 1. The Kier molecular flexibility index (Phi) is 4.44. The van der Waals surface area contributed by atoms with Gasteiger partial charge in [0, 0.05) is 27.2 Å². The molecular weight excluding hydrogens is 381 g/mol. The van der Waals surface area contributed by atoms with E-state index in [2.05, 4.69) is 20.9 Å². The SMILES string of the molecule is CCC(N)c1[nH]c2c(Br)cccc2c1-c1ccccc1C(F)(F)F. The molecule has 0 saturated heterocycles. The Morgan fingerprint density at radius 3 is 2.50 bits per heavy atom. The molecule has 6 heteroatoms. The van der Waals surface area contributed by atoms with Gasteiger partial charge in [-0.3, -0.25) is 0 Å². The Morgan fingerprint density at radius 1 is 1.12 bits per heavy atom. The summed E-state index contributed by atoms with van der Waals surface area (Å²) >= 11 is 3.45. The fraction of sp³-hybridized carbons (Fsp3) is 0.222. The Labute approximate surface area is 146 Å². The molecule has 0 amide bonds. The first-order valence-corrected chi connectivity index (χ1v) is 8.36. The van der Waals surface area contributed by atoms with E-state index in [0.29, 0.717) is 17.7 Å². The molecule has 0 bridgehead atoms. The molecule has 1 unspecified atom stereocenters. The van der Waals surface area contributed by atoms with Gasteiger partial charge >= 0.3 is 6.18 Å². The van der Waals surface area contributed by atoms with Crippen molar-refractivity contribution in [2.75, 3.05) is 0 Å². The number of hydrogen-bond donors (Lipinski definition) is 2. The van der Waals surface area contributed by atoms with E-state index in [1.807, 2.05) is 19.1 Å². The smallest absolute Gasteiger partial charge is 0.356 e. The van der Waals surface area contributed by atoms with Gasteiger partial charge in [-0.05, 0) is 40.0 Å². The van der Waals surface area contributed by atoms with E-state index in [1.54, 1.807) is 12.1 Å². The Morgan fingerprint density at radius 2 is 1.83 bits per heavy atom. The van der Waals surface area contributed by atoms with Gasteiger partial charge in [-0.15, -0.1) is 0 Å². The average Bonchev–Trinajstić information content (AvgIpc) is 2.94. The zero-order valence-electron chi connectivity index (χ0n) is 12.9. The number of para-hydroxylation sites is 1. The highest BCUT2D eigenvalue weighted by molar-refractivity contribution is 9.10.